The zero-order chi connectivity index (χ0) is 16.4. The maximum Gasteiger partial charge on any atom is 0.187 e. The van der Waals surface area contributed by atoms with Gasteiger partial charge in [0.15, 0.2) is 17.4 Å². The highest BCUT2D eigenvalue weighted by atomic mass is 19.1. The molecule has 0 bridgehead atoms. The molecule has 3 rings (SSSR count). The van der Waals surface area contributed by atoms with Crippen LogP contribution in [0, 0.1) is 23.5 Å². The second-order valence-electron chi connectivity index (χ2n) is 7.20. The van der Waals surface area contributed by atoms with E-state index >= 15 is 0 Å². The summed E-state index contributed by atoms with van der Waals surface area (Å²) < 4.78 is 27.1. The van der Waals surface area contributed by atoms with E-state index in [1.807, 2.05) is 0 Å². The number of hydrogen-bond donors (Lipinski definition) is 1. The van der Waals surface area contributed by atoms with Crippen molar-refractivity contribution in [2.45, 2.75) is 63.3 Å². The molecule has 2 fully saturated rings. The van der Waals surface area contributed by atoms with E-state index in [-0.39, 0.29) is 5.92 Å². The fourth-order valence-corrected chi connectivity index (χ4v) is 4.50. The number of aliphatic imine (C=N–C) groups is 1. The van der Waals surface area contributed by atoms with Crippen molar-refractivity contribution in [3.05, 3.63) is 29.3 Å². The van der Waals surface area contributed by atoms with Gasteiger partial charge >= 0.3 is 0 Å². The molecular weight excluding hydrogens is 296 g/mol. The summed E-state index contributed by atoms with van der Waals surface area (Å²) in [7, 11) is 0. The van der Waals surface area contributed by atoms with Crippen LogP contribution in [-0.2, 0) is 0 Å². The topological polar surface area (TPSA) is 32.6 Å². The number of phenolic OH excluding ortho intramolecular Hbond substituents is 1. The predicted octanol–water partition coefficient (Wildman–Crippen LogP) is 5.20. The molecule has 0 unspecified atom stereocenters. The van der Waals surface area contributed by atoms with E-state index in [1.165, 1.54) is 25.0 Å². The van der Waals surface area contributed by atoms with Crippen molar-refractivity contribution in [2.75, 3.05) is 0 Å². The Hall–Kier alpha value is -1.45. The molecule has 1 N–H and O–H groups in total. The fourth-order valence-electron chi connectivity index (χ4n) is 4.50. The van der Waals surface area contributed by atoms with Gasteiger partial charge < -0.3 is 5.11 Å². The Morgan fingerprint density at radius 2 is 1.35 bits per heavy atom. The van der Waals surface area contributed by atoms with Crippen molar-refractivity contribution in [3.63, 3.8) is 0 Å². The zero-order valence-corrected chi connectivity index (χ0v) is 13.5. The van der Waals surface area contributed by atoms with Gasteiger partial charge in [-0.15, -0.1) is 0 Å². The molecule has 0 aliphatic heterocycles. The second-order valence-corrected chi connectivity index (χ2v) is 7.20. The van der Waals surface area contributed by atoms with E-state index in [9.17, 15) is 13.9 Å². The highest BCUT2D eigenvalue weighted by molar-refractivity contribution is 5.32. The second kappa shape index (κ2) is 6.98. The minimum Gasteiger partial charge on any atom is -0.503 e. The smallest absolute Gasteiger partial charge is 0.187 e. The van der Waals surface area contributed by atoms with Gasteiger partial charge in [0, 0.05) is 6.04 Å². The van der Waals surface area contributed by atoms with Crippen molar-refractivity contribution in [1.82, 2.24) is 0 Å². The molecule has 2 aliphatic rings. The summed E-state index contributed by atoms with van der Waals surface area (Å²) >= 11 is 0. The van der Waals surface area contributed by atoms with Crippen LogP contribution in [0.5, 0.6) is 5.75 Å². The normalized spacial score (nSPS) is 31.7. The molecule has 4 heteroatoms. The minimum atomic E-state index is -0.866. The Balaban J connectivity index is 1.57. The summed E-state index contributed by atoms with van der Waals surface area (Å²) in [5.41, 5.74) is 0.691. The van der Waals surface area contributed by atoms with Crippen molar-refractivity contribution in [1.29, 1.82) is 0 Å². The summed E-state index contributed by atoms with van der Waals surface area (Å²) in [6, 6.07) is 3.04. The van der Waals surface area contributed by atoms with Crippen LogP contribution in [-0.4, -0.2) is 17.9 Å². The summed E-state index contributed by atoms with van der Waals surface area (Å²) in [6.45, 7) is 3.66. The molecule has 126 valence electrons. The predicted molar refractivity (Wildman–Crippen MR) is 88.0 cm³/mol. The number of phenols is 1. The molecule has 0 amide bonds. The number of aromatic hydroxyl groups is 1. The van der Waals surface area contributed by atoms with Gasteiger partial charge in [-0.1, -0.05) is 0 Å². The van der Waals surface area contributed by atoms with E-state index in [2.05, 4.69) is 11.7 Å². The summed E-state index contributed by atoms with van der Waals surface area (Å²) in [5.74, 6) is -0.835. The van der Waals surface area contributed by atoms with Gasteiger partial charge in [0.1, 0.15) is 0 Å². The highest BCUT2D eigenvalue weighted by Crippen LogP contribution is 2.43. The highest BCUT2D eigenvalue weighted by Gasteiger charge is 2.31. The van der Waals surface area contributed by atoms with Gasteiger partial charge in [0.25, 0.3) is 0 Å². The average molecular weight is 321 g/mol. The molecule has 0 spiro atoms. The van der Waals surface area contributed by atoms with Crippen LogP contribution in [0.15, 0.2) is 17.1 Å². The molecule has 23 heavy (non-hydrogen) atoms. The first-order valence-corrected chi connectivity index (χ1v) is 8.72. The molecule has 0 saturated heterocycles. The largest absolute Gasteiger partial charge is 0.503 e. The third-order valence-electron chi connectivity index (χ3n) is 5.95. The van der Waals surface area contributed by atoms with Crippen LogP contribution < -0.4 is 0 Å². The molecule has 0 radical (unpaired) electrons. The minimum absolute atomic E-state index is 0.210. The molecule has 0 aromatic heterocycles. The SMILES string of the molecule is C=NC1CCC(C2CCC(c3cc(F)c(O)c(F)c3)CC2)CC1. The molecule has 2 saturated carbocycles. The van der Waals surface area contributed by atoms with Crippen molar-refractivity contribution in [2.24, 2.45) is 16.8 Å². The number of rotatable bonds is 3. The number of halogens is 2. The van der Waals surface area contributed by atoms with Gasteiger partial charge in [0.2, 0.25) is 0 Å². The Labute approximate surface area is 136 Å². The number of hydrogen-bond acceptors (Lipinski definition) is 2. The van der Waals surface area contributed by atoms with Gasteiger partial charge in [-0.25, -0.2) is 8.78 Å². The fraction of sp³-hybridized carbons (Fsp3) is 0.632. The van der Waals surface area contributed by atoms with Gasteiger partial charge in [-0.2, -0.15) is 0 Å². The molecule has 2 aliphatic carbocycles. The van der Waals surface area contributed by atoms with Crippen molar-refractivity contribution < 1.29 is 13.9 Å². The standard InChI is InChI=1S/C19H25F2NO/c1-22-16-8-6-13(7-9-16)12-2-4-14(5-3-12)15-10-17(20)19(23)18(21)11-15/h10-14,16,23H,1-9H2. The van der Waals surface area contributed by atoms with E-state index in [4.69, 9.17) is 0 Å². The van der Waals surface area contributed by atoms with Crippen LogP contribution in [0.4, 0.5) is 8.78 Å². The van der Waals surface area contributed by atoms with E-state index in [1.54, 1.807) is 0 Å². The van der Waals surface area contributed by atoms with Crippen molar-refractivity contribution >= 4 is 6.72 Å². The Morgan fingerprint density at radius 1 is 0.870 bits per heavy atom. The lowest BCUT2D eigenvalue weighted by Gasteiger charge is -2.37. The third kappa shape index (κ3) is 3.56. The monoisotopic (exact) mass is 321 g/mol. The van der Waals surface area contributed by atoms with Gasteiger partial charge in [-0.3, -0.25) is 4.99 Å². The van der Waals surface area contributed by atoms with Crippen LogP contribution in [0.25, 0.3) is 0 Å². The molecule has 0 atom stereocenters. The lowest BCUT2D eigenvalue weighted by Crippen LogP contribution is -2.26. The maximum absolute atomic E-state index is 13.5. The average Bonchev–Trinajstić information content (AvgIpc) is 2.59. The van der Waals surface area contributed by atoms with Gasteiger partial charge in [0.05, 0.1) is 0 Å². The lowest BCUT2D eigenvalue weighted by molar-refractivity contribution is 0.178. The summed E-state index contributed by atoms with van der Waals surface area (Å²) in [4.78, 5) is 4.16. The van der Waals surface area contributed by atoms with Crippen LogP contribution in [0.3, 0.4) is 0 Å². The molecule has 1 aromatic carbocycles. The van der Waals surface area contributed by atoms with Crippen LogP contribution >= 0.6 is 0 Å². The van der Waals surface area contributed by atoms with E-state index in [0.29, 0.717) is 11.6 Å². The van der Waals surface area contributed by atoms with Crippen LogP contribution in [0.1, 0.15) is 62.8 Å². The van der Waals surface area contributed by atoms with E-state index in [0.717, 1.165) is 50.4 Å². The number of benzene rings is 1. The Bertz CT molecular complexity index is 535. The Morgan fingerprint density at radius 3 is 1.83 bits per heavy atom. The first kappa shape index (κ1) is 16.4. The summed E-state index contributed by atoms with van der Waals surface area (Å²) in [6.07, 6.45) is 9.01. The maximum atomic E-state index is 13.5. The third-order valence-corrected chi connectivity index (χ3v) is 5.95. The molecular formula is C19H25F2NO. The van der Waals surface area contributed by atoms with Gasteiger partial charge in [-0.05, 0) is 93.5 Å². The Kier molecular flexibility index (Phi) is 4.98. The first-order chi connectivity index (χ1) is 11.1. The lowest BCUT2D eigenvalue weighted by atomic mass is 9.69. The quantitative estimate of drug-likeness (QED) is 0.762. The molecule has 0 heterocycles. The molecule has 1 aromatic rings. The van der Waals surface area contributed by atoms with E-state index < -0.39 is 17.4 Å². The van der Waals surface area contributed by atoms with Crippen LogP contribution in [0.2, 0.25) is 0 Å². The summed E-state index contributed by atoms with van der Waals surface area (Å²) in [5, 5.41) is 9.22. The zero-order valence-electron chi connectivity index (χ0n) is 13.5. The first-order valence-electron chi connectivity index (χ1n) is 8.72. The molecule has 2 nitrogen and oxygen atoms in total. The van der Waals surface area contributed by atoms with Crippen molar-refractivity contribution in [3.8, 4) is 5.75 Å². The number of nitrogens with zero attached hydrogens (tertiary/aromatic N) is 1.